The molecule has 0 aliphatic heterocycles. The normalized spacial score (nSPS) is 33.3. The number of aromatic nitrogens is 1. The van der Waals surface area contributed by atoms with Crippen molar-refractivity contribution in [3.8, 4) is 0 Å². The molecule has 5 nitrogen and oxygen atoms in total. The van der Waals surface area contributed by atoms with Crippen molar-refractivity contribution in [1.29, 1.82) is 0 Å². The molecule has 3 fully saturated rings. The minimum Gasteiger partial charge on any atom is -0.386 e. The number of benzene rings is 1. The van der Waals surface area contributed by atoms with E-state index in [1.807, 2.05) is 12.1 Å². The molecule has 5 rings (SSSR count). The van der Waals surface area contributed by atoms with Crippen LogP contribution in [0.2, 0.25) is 5.31 Å². The molecule has 2 aromatic rings. The van der Waals surface area contributed by atoms with Crippen LogP contribution in [0.15, 0.2) is 18.2 Å². The molecule has 0 saturated heterocycles. The first-order chi connectivity index (χ1) is 12.3. The van der Waals surface area contributed by atoms with Crippen molar-refractivity contribution >= 4 is 51.9 Å². The molecule has 8 heteroatoms. The molecule has 1 heterocycles. The maximum absolute atomic E-state index is 11.2. The van der Waals surface area contributed by atoms with Gasteiger partial charge in [0.2, 0.25) is 0 Å². The van der Waals surface area contributed by atoms with Crippen LogP contribution in [-0.2, 0) is 0 Å². The Morgan fingerprint density at radius 2 is 2.19 bits per heavy atom. The van der Waals surface area contributed by atoms with E-state index in [9.17, 15) is 5.11 Å². The molecule has 2 atom stereocenters. The van der Waals surface area contributed by atoms with Crippen LogP contribution in [0.4, 0.5) is 5.13 Å². The molecule has 5 N–H and O–H groups in total. The van der Waals surface area contributed by atoms with Crippen LogP contribution < -0.4 is 16.4 Å². The summed E-state index contributed by atoms with van der Waals surface area (Å²) in [4.78, 5) is 4.54. The number of aryl methyl sites for hydroxylation is 1. The SMILES string of the molecule is [B]C12CCC(CC1)C(O)(CNC(=S)Nc1nc3ccc(C)cc3s1)C2N. The third-order valence-electron chi connectivity index (χ3n) is 6.08. The molecule has 1 aromatic heterocycles. The number of thiazole rings is 1. The monoisotopic (exact) mass is 386 g/mol. The Labute approximate surface area is 164 Å². The predicted molar refractivity (Wildman–Crippen MR) is 112 cm³/mol. The number of anilines is 1. The van der Waals surface area contributed by atoms with E-state index in [1.54, 1.807) is 11.3 Å². The van der Waals surface area contributed by atoms with Gasteiger partial charge in [0, 0.05) is 12.6 Å². The number of thiocarbonyl (C=S) groups is 1. The zero-order valence-corrected chi connectivity index (χ0v) is 16.4. The summed E-state index contributed by atoms with van der Waals surface area (Å²) in [6.07, 6.45) is 3.60. The first kappa shape index (κ1) is 18.2. The minimum absolute atomic E-state index is 0.170. The molecular formula is C18H23BN4OS2. The predicted octanol–water partition coefficient (Wildman–Crippen LogP) is 2.48. The van der Waals surface area contributed by atoms with Crippen molar-refractivity contribution in [2.45, 2.75) is 49.6 Å². The van der Waals surface area contributed by atoms with Gasteiger partial charge in [-0.3, -0.25) is 0 Å². The highest BCUT2D eigenvalue weighted by atomic mass is 32.1. The standard InChI is InChI=1S/C18H23BN4OS2/c1-10-2-3-12-13(8-10)26-16(22-12)23-15(25)21-9-18(24)11-4-6-17(19,7-5-11)14(18)20/h2-3,8,11,14,24H,4-7,9,20H2,1H3,(H2,21,22,23,25). The summed E-state index contributed by atoms with van der Waals surface area (Å²) in [5, 5.41) is 18.1. The number of nitrogens with two attached hydrogens (primary N) is 1. The van der Waals surface area contributed by atoms with Gasteiger partial charge in [-0.2, -0.15) is 0 Å². The second-order valence-corrected chi connectivity index (χ2v) is 9.21. The lowest BCUT2D eigenvalue weighted by Crippen LogP contribution is -2.68. The number of hydrogen-bond acceptors (Lipinski definition) is 5. The number of fused-ring (bicyclic) bond motifs is 4. The van der Waals surface area contributed by atoms with Gasteiger partial charge in [-0.25, -0.2) is 4.98 Å². The third kappa shape index (κ3) is 3.03. The van der Waals surface area contributed by atoms with E-state index < -0.39 is 17.0 Å². The van der Waals surface area contributed by atoms with Crippen LogP contribution in [0.3, 0.4) is 0 Å². The quantitative estimate of drug-likeness (QED) is 0.479. The number of nitrogens with zero attached hydrogens (tertiary/aromatic N) is 1. The third-order valence-corrected chi connectivity index (χ3v) is 7.26. The Kier molecular flexibility index (Phi) is 4.50. The summed E-state index contributed by atoms with van der Waals surface area (Å²) in [6.45, 7) is 2.36. The molecule has 3 aliphatic carbocycles. The molecule has 136 valence electrons. The van der Waals surface area contributed by atoms with E-state index in [4.69, 9.17) is 25.8 Å². The molecular weight excluding hydrogens is 363 g/mol. The first-order valence-corrected chi connectivity index (χ1v) is 10.2. The van der Waals surface area contributed by atoms with Gasteiger partial charge < -0.3 is 21.5 Å². The van der Waals surface area contributed by atoms with Gasteiger partial charge in [-0.05, 0) is 60.9 Å². The summed E-state index contributed by atoms with van der Waals surface area (Å²) in [5.74, 6) is 0.170. The highest BCUT2D eigenvalue weighted by molar-refractivity contribution is 7.80. The fourth-order valence-electron chi connectivity index (χ4n) is 4.42. The fourth-order valence-corrected chi connectivity index (χ4v) is 5.62. The number of rotatable bonds is 3. The maximum Gasteiger partial charge on any atom is 0.190 e. The van der Waals surface area contributed by atoms with E-state index in [0.717, 1.165) is 41.0 Å². The van der Waals surface area contributed by atoms with Crippen molar-refractivity contribution in [2.75, 3.05) is 11.9 Å². The van der Waals surface area contributed by atoms with Crippen LogP contribution >= 0.6 is 23.6 Å². The highest BCUT2D eigenvalue weighted by Crippen LogP contribution is 2.56. The van der Waals surface area contributed by atoms with Gasteiger partial charge in [-0.15, -0.1) is 0 Å². The zero-order valence-electron chi connectivity index (χ0n) is 14.8. The lowest BCUT2D eigenvalue weighted by atomic mass is 9.44. The molecule has 26 heavy (non-hydrogen) atoms. The summed E-state index contributed by atoms with van der Waals surface area (Å²) < 4.78 is 1.12. The van der Waals surface area contributed by atoms with E-state index >= 15 is 0 Å². The number of aliphatic hydroxyl groups is 1. The largest absolute Gasteiger partial charge is 0.386 e. The average Bonchev–Trinajstić information content (AvgIpc) is 2.99. The molecule has 2 unspecified atom stereocenters. The fraction of sp³-hybridized carbons (Fsp3) is 0.556. The van der Waals surface area contributed by atoms with Gasteiger partial charge in [-0.1, -0.05) is 30.2 Å². The van der Waals surface area contributed by atoms with E-state index in [-0.39, 0.29) is 5.92 Å². The lowest BCUT2D eigenvalue weighted by molar-refractivity contribution is -0.104. The number of nitrogens with one attached hydrogen (secondary N) is 2. The van der Waals surface area contributed by atoms with Gasteiger partial charge >= 0.3 is 0 Å². The second kappa shape index (κ2) is 6.44. The second-order valence-electron chi connectivity index (χ2n) is 7.77. The maximum atomic E-state index is 11.2. The molecule has 1 aromatic carbocycles. The summed E-state index contributed by atoms with van der Waals surface area (Å²) in [7, 11) is 6.43. The Morgan fingerprint density at radius 3 is 2.92 bits per heavy atom. The van der Waals surface area contributed by atoms with E-state index in [0.29, 0.717) is 11.7 Å². The molecule has 0 spiro atoms. The first-order valence-electron chi connectivity index (χ1n) is 8.99. The van der Waals surface area contributed by atoms with Crippen molar-refractivity contribution < 1.29 is 5.11 Å². The van der Waals surface area contributed by atoms with Crippen LogP contribution in [0, 0.1) is 12.8 Å². The van der Waals surface area contributed by atoms with Gasteiger partial charge in [0.05, 0.1) is 23.7 Å². The average molecular weight is 386 g/mol. The molecule has 3 aliphatic rings. The summed E-state index contributed by atoms with van der Waals surface area (Å²) >= 11 is 6.95. The molecule has 2 bridgehead atoms. The molecule has 2 radical (unpaired) electrons. The minimum atomic E-state index is -1.03. The Hall–Kier alpha value is -1.22. The summed E-state index contributed by atoms with van der Waals surface area (Å²) in [5.41, 5.74) is 7.47. The van der Waals surface area contributed by atoms with Crippen molar-refractivity contribution in [3.63, 3.8) is 0 Å². The summed E-state index contributed by atoms with van der Waals surface area (Å²) in [6, 6.07) is 5.71. The van der Waals surface area contributed by atoms with Gasteiger partial charge in [0.15, 0.2) is 10.2 Å². The smallest absolute Gasteiger partial charge is 0.190 e. The van der Waals surface area contributed by atoms with Crippen molar-refractivity contribution in [3.05, 3.63) is 23.8 Å². The Morgan fingerprint density at radius 1 is 1.46 bits per heavy atom. The van der Waals surface area contributed by atoms with E-state index in [1.165, 1.54) is 5.56 Å². The van der Waals surface area contributed by atoms with Crippen molar-refractivity contribution in [1.82, 2.24) is 10.3 Å². The van der Waals surface area contributed by atoms with Crippen LogP contribution in [-0.4, -0.2) is 41.2 Å². The topological polar surface area (TPSA) is 83.2 Å². The van der Waals surface area contributed by atoms with Crippen LogP contribution in [0.5, 0.6) is 0 Å². The van der Waals surface area contributed by atoms with Crippen LogP contribution in [0.25, 0.3) is 10.2 Å². The van der Waals surface area contributed by atoms with Crippen molar-refractivity contribution in [2.24, 2.45) is 11.7 Å². The Bertz CT molecular complexity index is 849. The lowest BCUT2D eigenvalue weighted by Gasteiger charge is -2.59. The van der Waals surface area contributed by atoms with Crippen LogP contribution in [0.1, 0.15) is 31.2 Å². The van der Waals surface area contributed by atoms with E-state index in [2.05, 4.69) is 28.6 Å². The number of hydrogen-bond donors (Lipinski definition) is 4. The zero-order chi connectivity index (χ0) is 18.5. The Balaban J connectivity index is 1.42. The molecule has 3 saturated carbocycles. The van der Waals surface area contributed by atoms with Gasteiger partial charge in [0.25, 0.3) is 0 Å². The molecule has 0 amide bonds. The highest BCUT2D eigenvalue weighted by Gasteiger charge is 2.56. The van der Waals surface area contributed by atoms with Gasteiger partial charge in [0.1, 0.15) is 0 Å².